The van der Waals surface area contributed by atoms with E-state index in [1.165, 1.54) is 4.57 Å². The van der Waals surface area contributed by atoms with Crippen LogP contribution in [-0.2, 0) is 7.05 Å². The standard InChI is InChI=1S/C9H14ClN3O/c1-7(10)6-13(3)8-9(14)12(2)5-4-11-8/h4-5,7H,6H2,1-3H3. The third-order valence-electron chi connectivity index (χ3n) is 1.89. The van der Waals surface area contributed by atoms with E-state index in [9.17, 15) is 4.79 Å². The third kappa shape index (κ3) is 2.48. The number of hydrogen-bond donors (Lipinski definition) is 0. The first kappa shape index (κ1) is 11.0. The van der Waals surface area contributed by atoms with Crippen LogP contribution in [0.2, 0.25) is 0 Å². The van der Waals surface area contributed by atoms with Gasteiger partial charge in [0.2, 0.25) is 0 Å². The average Bonchev–Trinajstić information content (AvgIpc) is 2.08. The summed E-state index contributed by atoms with van der Waals surface area (Å²) in [5.74, 6) is 0.433. The van der Waals surface area contributed by atoms with E-state index in [0.717, 1.165) is 0 Å². The summed E-state index contributed by atoms with van der Waals surface area (Å²) in [6.07, 6.45) is 3.23. The second kappa shape index (κ2) is 4.46. The molecule has 1 aromatic heterocycles. The number of hydrogen-bond acceptors (Lipinski definition) is 3. The van der Waals surface area contributed by atoms with Crippen LogP contribution in [0.4, 0.5) is 5.82 Å². The molecule has 78 valence electrons. The largest absolute Gasteiger partial charge is 0.354 e. The van der Waals surface area contributed by atoms with Gasteiger partial charge in [0, 0.05) is 38.4 Å². The van der Waals surface area contributed by atoms with Crippen LogP contribution in [0, 0.1) is 0 Å². The molecule has 4 nitrogen and oxygen atoms in total. The maximum absolute atomic E-state index is 11.6. The fraction of sp³-hybridized carbons (Fsp3) is 0.556. The molecule has 0 aliphatic carbocycles. The highest BCUT2D eigenvalue weighted by atomic mass is 35.5. The zero-order valence-electron chi connectivity index (χ0n) is 8.57. The molecular formula is C9H14ClN3O. The van der Waals surface area contributed by atoms with Crippen molar-refractivity contribution in [2.75, 3.05) is 18.5 Å². The van der Waals surface area contributed by atoms with Crippen molar-refractivity contribution in [2.45, 2.75) is 12.3 Å². The van der Waals surface area contributed by atoms with Gasteiger partial charge in [0.25, 0.3) is 5.56 Å². The fourth-order valence-corrected chi connectivity index (χ4v) is 1.42. The summed E-state index contributed by atoms with van der Waals surface area (Å²) in [6.45, 7) is 2.49. The second-order valence-electron chi connectivity index (χ2n) is 3.33. The molecule has 0 aromatic carbocycles. The topological polar surface area (TPSA) is 38.1 Å². The fourth-order valence-electron chi connectivity index (χ4n) is 1.21. The normalized spacial score (nSPS) is 12.6. The van der Waals surface area contributed by atoms with E-state index in [1.807, 2.05) is 14.0 Å². The van der Waals surface area contributed by atoms with Gasteiger partial charge >= 0.3 is 0 Å². The maximum Gasteiger partial charge on any atom is 0.293 e. The molecule has 1 rings (SSSR count). The maximum atomic E-state index is 11.6. The minimum atomic E-state index is -0.104. The van der Waals surface area contributed by atoms with Crippen LogP contribution >= 0.6 is 11.6 Å². The first-order valence-corrected chi connectivity index (χ1v) is 4.83. The van der Waals surface area contributed by atoms with Gasteiger partial charge in [-0.1, -0.05) is 0 Å². The Morgan fingerprint density at radius 3 is 2.93 bits per heavy atom. The van der Waals surface area contributed by atoms with Crippen LogP contribution in [0.15, 0.2) is 17.2 Å². The van der Waals surface area contributed by atoms with Crippen LogP contribution in [0.3, 0.4) is 0 Å². The Labute approximate surface area is 88.1 Å². The van der Waals surface area contributed by atoms with Gasteiger partial charge in [0.1, 0.15) is 0 Å². The molecule has 0 aliphatic rings. The molecule has 0 amide bonds. The van der Waals surface area contributed by atoms with E-state index in [4.69, 9.17) is 11.6 Å². The van der Waals surface area contributed by atoms with Crippen molar-refractivity contribution in [3.8, 4) is 0 Å². The lowest BCUT2D eigenvalue weighted by Crippen LogP contribution is -2.32. The lowest BCUT2D eigenvalue weighted by Gasteiger charge is -2.18. The van der Waals surface area contributed by atoms with Gasteiger partial charge in [-0.15, -0.1) is 11.6 Å². The number of alkyl halides is 1. The predicted octanol–water partition coefficient (Wildman–Crippen LogP) is 0.844. The number of aryl methyl sites for hydroxylation is 1. The molecule has 0 fully saturated rings. The third-order valence-corrected chi connectivity index (χ3v) is 2.02. The lowest BCUT2D eigenvalue weighted by atomic mass is 10.4. The molecular weight excluding hydrogens is 202 g/mol. The van der Waals surface area contributed by atoms with E-state index in [2.05, 4.69) is 4.98 Å². The number of anilines is 1. The van der Waals surface area contributed by atoms with E-state index >= 15 is 0 Å². The van der Waals surface area contributed by atoms with Crippen molar-refractivity contribution >= 4 is 17.4 Å². The Bertz CT molecular complexity index is 361. The summed E-state index contributed by atoms with van der Waals surface area (Å²) in [7, 11) is 3.51. The number of nitrogens with zero attached hydrogens (tertiary/aromatic N) is 3. The van der Waals surface area contributed by atoms with Crippen LogP contribution in [-0.4, -0.2) is 28.5 Å². The summed E-state index contributed by atoms with van der Waals surface area (Å²) in [4.78, 5) is 17.4. The number of aromatic nitrogens is 2. The molecule has 1 heterocycles. The van der Waals surface area contributed by atoms with E-state index in [-0.39, 0.29) is 10.9 Å². The monoisotopic (exact) mass is 215 g/mol. The molecule has 14 heavy (non-hydrogen) atoms. The minimum absolute atomic E-state index is 0.00767. The molecule has 1 unspecified atom stereocenters. The van der Waals surface area contributed by atoms with Crippen LogP contribution in [0.25, 0.3) is 0 Å². The van der Waals surface area contributed by atoms with Crippen molar-refractivity contribution in [1.29, 1.82) is 0 Å². The second-order valence-corrected chi connectivity index (χ2v) is 4.07. The predicted molar refractivity (Wildman–Crippen MR) is 58.1 cm³/mol. The zero-order valence-corrected chi connectivity index (χ0v) is 9.32. The molecule has 0 radical (unpaired) electrons. The van der Waals surface area contributed by atoms with Gasteiger partial charge in [-0.2, -0.15) is 0 Å². The Hall–Kier alpha value is -1.03. The SMILES string of the molecule is CC(Cl)CN(C)c1nccn(C)c1=O. The Balaban J connectivity index is 2.96. The van der Waals surface area contributed by atoms with Crippen LogP contribution in [0.1, 0.15) is 6.92 Å². The van der Waals surface area contributed by atoms with Gasteiger partial charge < -0.3 is 9.47 Å². The van der Waals surface area contributed by atoms with Crippen LogP contribution < -0.4 is 10.5 Å². The molecule has 0 saturated carbocycles. The van der Waals surface area contributed by atoms with E-state index in [1.54, 1.807) is 24.3 Å². The number of rotatable bonds is 3. The first-order valence-electron chi connectivity index (χ1n) is 4.39. The summed E-state index contributed by atoms with van der Waals surface area (Å²) in [5.41, 5.74) is -0.104. The number of halogens is 1. The van der Waals surface area contributed by atoms with Gasteiger partial charge in [-0.3, -0.25) is 4.79 Å². The Morgan fingerprint density at radius 2 is 2.36 bits per heavy atom. The summed E-state index contributed by atoms with van der Waals surface area (Å²) >= 11 is 5.84. The highest BCUT2D eigenvalue weighted by Crippen LogP contribution is 2.03. The highest BCUT2D eigenvalue weighted by molar-refractivity contribution is 6.20. The molecule has 0 aliphatic heterocycles. The smallest absolute Gasteiger partial charge is 0.293 e. The van der Waals surface area contributed by atoms with Gasteiger partial charge in [0.05, 0.1) is 0 Å². The van der Waals surface area contributed by atoms with E-state index in [0.29, 0.717) is 12.4 Å². The Morgan fingerprint density at radius 1 is 1.71 bits per heavy atom. The quantitative estimate of drug-likeness (QED) is 0.702. The Kier molecular flexibility index (Phi) is 3.52. The summed E-state index contributed by atoms with van der Waals surface area (Å²) in [6, 6.07) is 0. The van der Waals surface area contributed by atoms with Crippen molar-refractivity contribution in [3.05, 3.63) is 22.7 Å². The summed E-state index contributed by atoms with van der Waals surface area (Å²) < 4.78 is 1.50. The van der Waals surface area contributed by atoms with Gasteiger partial charge in [-0.25, -0.2) is 4.98 Å². The molecule has 0 N–H and O–H groups in total. The molecule has 0 saturated heterocycles. The zero-order chi connectivity index (χ0) is 10.7. The van der Waals surface area contributed by atoms with Crippen molar-refractivity contribution in [2.24, 2.45) is 7.05 Å². The molecule has 0 bridgehead atoms. The van der Waals surface area contributed by atoms with Gasteiger partial charge in [0.15, 0.2) is 5.82 Å². The molecule has 0 spiro atoms. The van der Waals surface area contributed by atoms with Crippen molar-refractivity contribution in [3.63, 3.8) is 0 Å². The summed E-state index contributed by atoms with van der Waals surface area (Å²) in [5, 5.41) is -0.00767. The molecule has 1 atom stereocenters. The molecule has 5 heteroatoms. The van der Waals surface area contributed by atoms with Crippen LogP contribution in [0.5, 0.6) is 0 Å². The van der Waals surface area contributed by atoms with Crippen molar-refractivity contribution < 1.29 is 0 Å². The lowest BCUT2D eigenvalue weighted by molar-refractivity contribution is 0.788. The minimum Gasteiger partial charge on any atom is -0.354 e. The molecule has 1 aromatic rings. The average molecular weight is 216 g/mol. The van der Waals surface area contributed by atoms with Gasteiger partial charge in [-0.05, 0) is 6.92 Å². The van der Waals surface area contributed by atoms with E-state index < -0.39 is 0 Å². The highest BCUT2D eigenvalue weighted by Gasteiger charge is 2.10. The first-order chi connectivity index (χ1) is 6.52. The van der Waals surface area contributed by atoms with Crippen molar-refractivity contribution in [1.82, 2.24) is 9.55 Å².